The number of nitrogens with one attached hydrogen (secondary N) is 2. The fraction of sp³-hybridized carbons (Fsp3) is 0.400. The molecule has 1 aromatic carbocycles. The van der Waals surface area contributed by atoms with Gasteiger partial charge in [-0.2, -0.15) is 5.10 Å². The molecular weight excluding hydrogens is 268 g/mol. The topological polar surface area (TPSA) is 78.1 Å². The lowest BCUT2D eigenvalue weighted by atomic mass is 10.0. The number of carbonyl (C=O) groups is 1. The molecule has 2 N–H and O–H groups in total. The van der Waals surface area contributed by atoms with Crippen molar-refractivity contribution in [2.45, 2.75) is 18.9 Å². The predicted octanol–water partition coefficient (Wildman–Crippen LogP) is 0.747. The average molecular weight is 286 g/mol. The van der Waals surface area contributed by atoms with Gasteiger partial charge in [0.2, 0.25) is 0 Å². The van der Waals surface area contributed by atoms with Crippen LogP contribution in [0.5, 0.6) is 0 Å². The first-order chi connectivity index (χ1) is 10.2. The smallest absolute Gasteiger partial charge is 0.274 e. The largest absolute Gasteiger partial charge is 0.336 e. The van der Waals surface area contributed by atoms with E-state index >= 15 is 0 Å². The van der Waals surface area contributed by atoms with Crippen molar-refractivity contribution in [2.75, 3.05) is 20.1 Å². The van der Waals surface area contributed by atoms with Gasteiger partial charge in [-0.3, -0.25) is 9.59 Å². The number of carbonyl (C=O) groups excluding carboxylic acids is 1. The van der Waals surface area contributed by atoms with Gasteiger partial charge in [-0.15, -0.1) is 0 Å². The van der Waals surface area contributed by atoms with Crippen molar-refractivity contribution >= 4 is 16.7 Å². The fourth-order valence-electron chi connectivity index (χ4n) is 2.82. The Kier molecular flexibility index (Phi) is 3.70. The molecule has 0 bridgehead atoms. The number of benzene rings is 1. The third-order valence-corrected chi connectivity index (χ3v) is 4.02. The monoisotopic (exact) mass is 286 g/mol. The number of amides is 1. The maximum absolute atomic E-state index is 12.7. The standard InChI is InChI=1S/C15H18N4O2/c1-16-10-5-4-8-19(9-10)15(21)13-11-6-2-3-7-12(11)14(20)18-17-13/h2-3,6-7,10,16H,4-5,8-9H2,1H3,(H,18,20). The molecule has 1 saturated heterocycles. The molecule has 3 rings (SSSR count). The summed E-state index contributed by atoms with van der Waals surface area (Å²) in [6, 6.07) is 7.39. The summed E-state index contributed by atoms with van der Waals surface area (Å²) in [5.41, 5.74) is 0.0517. The zero-order chi connectivity index (χ0) is 14.8. The van der Waals surface area contributed by atoms with Gasteiger partial charge in [0, 0.05) is 24.5 Å². The maximum Gasteiger partial charge on any atom is 0.274 e. The predicted molar refractivity (Wildman–Crippen MR) is 80.3 cm³/mol. The minimum atomic E-state index is -0.270. The van der Waals surface area contributed by atoms with Crippen LogP contribution in [0.3, 0.4) is 0 Å². The molecule has 2 heterocycles. The summed E-state index contributed by atoms with van der Waals surface area (Å²) in [4.78, 5) is 26.3. The molecule has 6 heteroatoms. The molecule has 0 radical (unpaired) electrons. The summed E-state index contributed by atoms with van der Waals surface area (Å²) in [7, 11) is 1.91. The highest BCUT2D eigenvalue weighted by molar-refractivity contribution is 6.04. The molecule has 110 valence electrons. The quantitative estimate of drug-likeness (QED) is 0.854. The summed E-state index contributed by atoms with van der Waals surface area (Å²) < 4.78 is 0. The Morgan fingerprint density at radius 2 is 2.14 bits per heavy atom. The molecule has 6 nitrogen and oxygen atoms in total. The number of hydrogen-bond acceptors (Lipinski definition) is 4. The zero-order valence-electron chi connectivity index (χ0n) is 11.9. The first-order valence-electron chi connectivity index (χ1n) is 7.14. The Hall–Kier alpha value is -2.21. The first-order valence-corrected chi connectivity index (χ1v) is 7.14. The van der Waals surface area contributed by atoms with E-state index in [4.69, 9.17) is 0 Å². The molecule has 1 unspecified atom stereocenters. The molecule has 2 aromatic rings. The Labute approximate surface area is 122 Å². The molecule has 1 fully saturated rings. The molecule has 0 saturated carbocycles. The molecular formula is C15H18N4O2. The van der Waals surface area contributed by atoms with Gasteiger partial charge in [-0.1, -0.05) is 18.2 Å². The second-order valence-electron chi connectivity index (χ2n) is 5.33. The van der Waals surface area contributed by atoms with Crippen LogP contribution in [0.25, 0.3) is 10.8 Å². The van der Waals surface area contributed by atoms with Crippen LogP contribution in [0.4, 0.5) is 0 Å². The Morgan fingerprint density at radius 1 is 1.38 bits per heavy atom. The lowest BCUT2D eigenvalue weighted by Crippen LogP contribution is -2.47. The Morgan fingerprint density at radius 3 is 2.90 bits per heavy atom. The normalized spacial score (nSPS) is 18.9. The lowest BCUT2D eigenvalue weighted by Gasteiger charge is -2.32. The van der Waals surface area contributed by atoms with Gasteiger partial charge < -0.3 is 10.2 Å². The first kappa shape index (κ1) is 13.8. The molecule has 1 aliphatic rings. The van der Waals surface area contributed by atoms with Crippen molar-refractivity contribution in [3.05, 3.63) is 40.3 Å². The summed E-state index contributed by atoms with van der Waals surface area (Å²) in [5, 5.41) is 10.7. The van der Waals surface area contributed by atoms with Crippen LogP contribution in [-0.2, 0) is 0 Å². The summed E-state index contributed by atoms with van der Waals surface area (Å²) in [6.07, 6.45) is 2.04. The zero-order valence-corrected chi connectivity index (χ0v) is 11.9. The molecule has 1 aromatic heterocycles. The minimum Gasteiger partial charge on any atom is -0.336 e. The number of aromatic amines is 1. The van der Waals surface area contributed by atoms with Gasteiger partial charge in [0.1, 0.15) is 0 Å². The van der Waals surface area contributed by atoms with Crippen LogP contribution in [0, 0.1) is 0 Å². The van der Waals surface area contributed by atoms with Crippen molar-refractivity contribution in [1.29, 1.82) is 0 Å². The van der Waals surface area contributed by atoms with Gasteiger partial charge in [-0.25, -0.2) is 5.10 Å². The number of nitrogens with zero attached hydrogens (tertiary/aromatic N) is 2. The molecule has 0 spiro atoms. The van der Waals surface area contributed by atoms with Gasteiger partial charge in [-0.05, 0) is 26.0 Å². The van der Waals surface area contributed by atoms with Crippen LogP contribution in [0.2, 0.25) is 0 Å². The third kappa shape index (κ3) is 2.54. The fourth-order valence-corrected chi connectivity index (χ4v) is 2.82. The van der Waals surface area contributed by atoms with E-state index < -0.39 is 0 Å². The molecule has 0 aliphatic carbocycles. The van der Waals surface area contributed by atoms with Gasteiger partial charge in [0.25, 0.3) is 11.5 Å². The van der Waals surface area contributed by atoms with E-state index in [1.165, 1.54) is 0 Å². The highest BCUT2D eigenvalue weighted by Crippen LogP contribution is 2.17. The highest BCUT2D eigenvalue weighted by atomic mass is 16.2. The van der Waals surface area contributed by atoms with Crippen molar-refractivity contribution in [1.82, 2.24) is 20.4 Å². The SMILES string of the molecule is CNC1CCCN(C(=O)c2n[nH]c(=O)c3ccccc23)C1. The van der Waals surface area contributed by atoms with E-state index in [1.54, 1.807) is 23.1 Å². The van der Waals surface area contributed by atoms with E-state index in [1.807, 2.05) is 13.1 Å². The van der Waals surface area contributed by atoms with E-state index in [0.29, 0.717) is 29.1 Å². The van der Waals surface area contributed by atoms with E-state index in [-0.39, 0.29) is 11.5 Å². The van der Waals surface area contributed by atoms with Crippen molar-refractivity contribution in [3.63, 3.8) is 0 Å². The molecule has 21 heavy (non-hydrogen) atoms. The molecule has 1 amide bonds. The molecule has 1 atom stereocenters. The molecule has 1 aliphatic heterocycles. The Balaban J connectivity index is 1.98. The van der Waals surface area contributed by atoms with Crippen molar-refractivity contribution < 1.29 is 4.79 Å². The van der Waals surface area contributed by atoms with Crippen molar-refractivity contribution in [2.24, 2.45) is 0 Å². The van der Waals surface area contributed by atoms with Gasteiger partial charge >= 0.3 is 0 Å². The Bertz CT molecular complexity index is 725. The number of H-pyrrole nitrogens is 1. The summed E-state index contributed by atoms with van der Waals surface area (Å²) in [6.45, 7) is 1.40. The van der Waals surface area contributed by atoms with Gasteiger partial charge in [0.15, 0.2) is 5.69 Å². The summed E-state index contributed by atoms with van der Waals surface area (Å²) in [5.74, 6) is -0.123. The number of likely N-dealkylation sites (N-methyl/N-ethyl adjacent to an activating group) is 1. The number of likely N-dealkylation sites (tertiary alicyclic amines) is 1. The van der Waals surface area contributed by atoms with E-state index in [0.717, 1.165) is 19.4 Å². The summed E-state index contributed by atoms with van der Waals surface area (Å²) >= 11 is 0. The van der Waals surface area contributed by atoms with Crippen molar-refractivity contribution in [3.8, 4) is 0 Å². The van der Waals surface area contributed by atoms with Gasteiger partial charge in [0.05, 0.1) is 5.39 Å². The number of aromatic nitrogens is 2. The number of rotatable bonds is 2. The lowest BCUT2D eigenvalue weighted by molar-refractivity contribution is 0.0693. The highest BCUT2D eigenvalue weighted by Gasteiger charge is 2.25. The number of hydrogen-bond donors (Lipinski definition) is 2. The number of fused-ring (bicyclic) bond motifs is 1. The minimum absolute atomic E-state index is 0.123. The average Bonchev–Trinajstić information content (AvgIpc) is 2.55. The van der Waals surface area contributed by atoms with Crippen LogP contribution in [0.1, 0.15) is 23.3 Å². The van der Waals surface area contributed by atoms with Crippen LogP contribution in [-0.4, -0.2) is 47.2 Å². The van der Waals surface area contributed by atoms with Crippen LogP contribution in [0.15, 0.2) is 29.1 Å². The van der Waals surface area contributed by atoms with E-state index in [9.17, 15) is 9.59 Å². The van der Waals surface area contributed by atoms with Crippen LogP contribution >= 0.6 is 0 Å². The second-order valence-corrected chi connectivity index (χ2v) is 5.33. The number of piperidine rings is 1. The van der Waals surface area contributed by atoms with E-state index in [2.05, 4.69) is 15.5 Å². The van der Waals surface area contributed by atoms with Crippen LogP contribution < -0.4 is 10.9 Å². The third-order valence-electron chi connectivity index (χ3n) is 4.02. The maximum atomic E-state index is 12.7. The second kappa shape index (κ2) is 5.65.